The van der Waals surface area contributed by atoms with E-state index in [2.05, 4.69) is 15.5 Å². The van der Waals surface area contributed by atoms with Crippen LogP contribution < -0.4 is 5.32 Å². The molecule has 2 aromatic rings. The van der Waals surface area contributed by atoms with Crippen LogP contribution in [0.1, 0.15) is 27.3 Å². The zero-order chi connectivity index (χ0) is 14.7. The maximum Gasteiger partial charge on any atom is 0.257 e. The Morgan fingerprint density at radius 2 is 2.05 bits per heavy atom. The highest BCUT2D eigenvalue weighted by atomic mass is 35.5. The molecule has 0 radical (unpaired) electrons. The summed E-state index contributed by atoms with van der Waals surface area (Å²) in [4.78, 5) is 12.2. The zero-order valence-corrected chi connectivity index (χ0v) is 11.7. The molecule has 6 heteroatoms. The Labute approximate surface area is 121 Å². The number of aromatic nitrogens is 2. The summed E-state index contributed by atoms with van der Waals surface area (Å²) < 4.78 is 0. The molecule has 0 aliphatic rings. The van der Waals surface area contributed by atoms with Crippen LogP contribution in [0.2, 0.25) is 5.02 Å². The first-order chi connectivity index (χ1) is 9.51. The summed E-state index contributed by atoms with van der Waals surface area (Å²) in [5, 5.41) is 19.9. The van der Waals surface area contributed by atoms with Crippen molar-refractivity contribution in [1.82, 2.24) is 10.2 Å². The van der Waals surface area contributed by atoms with E-state index in [4.69, 9.17) is 16.9 Å². The fourth-order valence-electron chi connectivity index (χ4n) is 1.69. The van der Waals surface area contributed by atoms with Gasteiger partial charge in [-0.3, -0.25) is 4.79 Å². The van der Waals surface area contributed by atoms with E-state index in [0.29, 0.717) is 33.2 Å². The molecule has 0 saturated carbocycles. The van der Waals surface area contributed by atoms with Gasteiger partial charge in [0, 0.05) is 5.02 Å². The quantitative estimate of drug-likeness (QED) is 0.920. The number of hydrogen-bond acceptors (Lipinski definition) is 4. The van der Waals surface area contributed by atoms with Crippen LogP contribution in [0, 0.1) is 25.2 Å². The molecule has 0 aliphatic carbocycles. The Kier molecular flexibility index (Phi) is 3.97. The van der Waals surface area contributed by atoms with Crippen LogP contribution >= 0.6 is 11.6 Å². The number of benzene rings is 1. The van der Waals surface area contributed by atoms with Crippen molar-refractivity contribution in [3.63, 3.8) is 0 Å². The fraction of sp³-hybridized carbons (Fsp3) is 0.143. The van der Waals surface area contributed by atoms with Crippen molar-refractivity contribution >= 4 is 23.2 Å². The van der Waals surface area contributed by atoms with E-state index >= 15 is 0 Å². The van der Waals surface area contributed by atoms with Gasteiger partial charge in [-0.05, 0) is 38.1 Å². The highest BCUT2D eigenvalue weighted by Crippen LogP contribution is 2.21. The minimum atomic E-state index is -0.348. The molecule has 0 unspecified atom stereocenters. The number of nitrogens with one attached hydrogen (secondary N) is 1. The molecular formula is C14H11ClN4O. The van der Waals surface area contributed by atoms with Gasteiger partial charge < -0.3 is 5.32 Å². The molecule has 0 bridgehead atoms. The topological polar surface area (TPSA) is 78.7 Å². The molecule has 0 aliphatic heterocycles. The lowest BCUT2D eigenvalue weighted by atomic mass is 10.1. The molecule has 1 N–H and O–H groups in total. The summed E-state index contributed by atoms with van der Waals surface area (Å²) >= 11 is 5.88. The molecule has 20 heavy (non-hydrogen) atoms. The second-order valence-corrected chi connectivity index (χ2v) is 4.68. The van der Waals surface area contributed by atoms with Crippen LogP contribution in [-0.2, 0) is 0 Å². The van der Waals surface area contributed by atoms with Crippen LogP contribution in [0.5, 0.6) is 0 Å². The Morgan fingerprint density at radius 1 is 1.30 bits per heavy atom. The molecule has 5 nitrogen and oxygen atoms in total. The number of halogens is 1. The van der Waals surface area contributed by atoms with Gasteiger partial charge in [0.2, 0.25) is 0 Å². The summed E-state index contributed by atoms with van der Waals surface area (Å²) in [6, 6.07) is 8.34. The first-order valence-corrected chi connectivity index (χ1v) is 6.21. The zero-order valence-electron chi connectivity index (χ0n) is 10.9. The summed E-state index contributed by atoms with van der Waals surface area (Å²) in [7, 11) is 0. The monoisotopic (exact) mass is 286 g/mol. The lowest BCUT2D eigenvalue weighted by Crippen LogP contribution is -2.15. The summed E-state index contributed by atoms with van der Waals surface area (Å²) in [5.74, 6) is -0.348. The number of carbonyl (C=O) groups excluding carboxylic acids is 1. The van der Waals surface area contributed by atoms with Gasteiger partial charge in [0.15, 0.2) is 0 Å². The number of rotatable bonds is 2. The molecule has 1 amide bonds. The van der Waals surface area contributed by atoms with Crippen LogP contribution in [0.15, 0.2) is 24.3 Å². The highest BCUT2D eigenvalue weighted by molar-refractivity contribution is 6.31. The van der Waals surface area contributed by atoms with E-state index in [9.17, 15) is 4.79 Å². The maximum absolute atomic E-state index is 12.2. The van der Waals surface area contributed by atoms with Crippen molar-refractivity contribution in [3.8, 4) is 6.07 Å². The lowest BCUT2D eigenvalue weighted by Gasteiger charge is -2.09. The van der Waals surface area contributed by atoms with Gasteiger partial charge in [-0.25, -0.2) is 0 Å². The number of nitriles is 1. The van der Waals surface area contributed by atoms with Crippen molar-refractivity contribution in [2.75, 3.05) is 5.32 Å². The summed E-state index contributed by atoms with van der Waals surface area (Å²) in [6.45, 7) is 3.45. The van der Waals surface area contributed by atoms with Gasteiger partial charge in [0.1, 0.15) is 6.07 Å². The van der Waals surface area contributed by atoms with E-state index in [-0.39, 0.29) is 5.91 Å². The van der Waals surface area contributed by atoms with E-state index in [0.717, 1.165) is 0 Å². The van der Waals surface area contributed by atoms with Crippen molar-refractivity contribution in [2.24, 2.45) is 0 Å². The number of amides is 1. The Hall–Kier alpha value is -2.45. The third-order valence-electron chi connectivity index (χ3n) is 2.70. The van der Waals surface area contributed by atoms with Crippen molar-refractivity contribution in [3.05, 3.63) is 51.8 Å². The van der Waals surface area contributed by atoms with Gasteiger partial charge in [0.25, 0.3) is 5.91 Å². The van der Waals surface area contributed by atoms with E-state index < -0.39 is 0 Å². The Bertz CT molecular complexity index is 722. The molecule has 1 aromatic carbocycles. The van der Waals surface area contributed by atoms with E-state index in [1.165, 1.54) is 6.07 Å². The minimum absolute atomic E-state index is 0.346. The molecule has 1 heterocycles. The molecule has 0 spiro atoms. The second-order valence-electron chi connectivity index (χ2n) is 4.24. The molecule has 100 valence electrons. The fourth-order valence-corrected chi connectivity index (χ4v) is 1.86. The molecular weight excluding hydrogens is 276 g/mol. The lowest BCUT2D eigenvalue weighted by molar-refractivity contribution is 0.102. The maximum atomic E-state index is 12.2. The number of nitrogens with zero attached hydrogens (tertiary/aromatic N) is 3. The molecule has 0 atom stereocenters. The van der Waals surface area contributed by atoms with Crippen molar-refractivity contribution in [1.29, 1.82) is 5.26 Å². The standard InChI is InChI=1S/C14H11ClN4O/c1-8-5-12(9(2)19-18-8)14(20)17-13-6-11(15)4-3-10(13)7-16/h3-6H,1-2H3,(H,17,20). The summed E-state index contributed by atoms with van der Waals surface area (Å²) in [6.07, 6.45) is 0. The predicted octanol–water partition coefficient (Wildman–Crippen LogP) is 2.87. The number of anilines is 1. The first kappa shape index (κ1) is 14.0. The normalized spacial score (nSPS) is 9.90. The van der Waals surface area contributed by atoms with Gasteiger partial charge in [-0.15, -0.1) is 0 Å². The van der Waals surface area contributed by atoms with Gasteiger partial charge in [-0.1, -0.05) is 11.6 Å². The average Bonchev–Trinajstić information content (AvgIpc) is 2.41. The Morgan fingerprint density at radius 3 is 2.75 bits per heavy atom. The predicted molar refractivity (Wildman–Crippen MR) is 75.6 cm³/mol. The molecule has 1 aromatic heterocycles. The van der Waals surface area contributed by atoms with Crippen LogP contribution in [0.4, 0.5) is 5.69 Å². The van der Waals surface area contributed by atoms with Crippen LogP contribution in [0.3, 0.4) is 0 Å². The van der Waals surface area contributed by atoms with E-state index in [1.807, 2.05) is 6.07 Å². The minimum Gasteiger partial charge on any atom is -0.321 e. The first-order valence-electron chi connectivity index (χ1n) is 5.83. The number of aryl methyl sites for hydroxylation is 2. The number of hydrogen-bond donors (Lipinski definition) is 1. The van der Waals surface area contributed by atoms with Crippen molar-refractivity contribution in [2.45, 2.75) is 13.8 Å². The van der Waals surface area contributed by atoms with Crippen LogP contribution in [-0.4, -0.2) is 16.1 Å². The number of carbonyl (C=O) groups is 1. The third-order valence-corrected chi connectivity index (χ3v) is 2.93. The van der Waals surface area contributed by atoms with E-state index in [1.54, 1.807) is 32.0 Å². The second kappa shape index (κ2) is 5.68. The molecule has 2 rings (SSSR count). The third kappa shape index (κ3) is 2.92. The van der Waals surface area contributed by atoms with Gasteiger partial charge >= 0.3 is 0 Å². The molecule has 0 fully saturated rings. The largest absolute Gasteiger partial charge is 0.321 e. The Balaban J connectivity index is 2.35. The smallest absolute Gasteiger partial charge is 0.257 e. The van der Waals surface area contributed by atoms with Crippen molar-refractivity contribution < 1.29 is 4.79 Å². The van der Waals surface area contributed by atoms with Gasteiger partial charge in [0.05, 0.1) is 28.2 Å². The SMILES string of the molecule is Cc1cc(C(=O)Nc2cc(Cl)ccc2C#N)c(C)nn1. The van der Waals surface area contributed by atoms with Gasteiger partial charge in [-0.2, -0.15) is 15.5 Å². The average molecular weight is 287 g/mol. The highest BCUT2D eigenvalue weighted by Gasteiger charge is 2.13. The molecule has 0 saturated heterocycles. The summed E-state index contributed by atoms with van der Waals surface area (Å²) in [5.41, 5.74) is 2.31. The van der Waals surface area contributed by atoms with Crippen LogP contribution in [0.25, 0.3) is 0 Å².